The molecular formula is C11H14Cl2N2O2S2. The van der Waals surface area contributed by atoms with Crippen molar-refractivity contribution in [3.05, 3.63) is 22.2 Å². The second kappa shape index (κ2) is 5.69. The summed E-state index contributed by atoms with van der Waals surface area (Å²) in [5.74, 6) is 1.54. The number of anilines is 1. The molecule has 2 N–H and O–H groups in total. The first-order valence-electron chi connectivity index (χ1n) is 5.68. The summed E-state index contributed by atoms with van der Waals surface area (Å²) in [5.41, 5.74) is 5.87. The number of thioether (sulfide) groups is 1. The molecule has 1 unspecified atom stereocenters. The molecule has 0 bridgehead atoms. The van der Waals surface area contributed by atoms with Crippen LogP contribution in [-0.2, 0) is 10.0 Å². The van der Waals surface area contributed by atoms with Crippen molar-refractivity contribution in [2.45, 2.75) is 17.9 Å². The van der Waals surface area contributed by atoms with Gasteiger partial charge >= 0.3 is 0 Å². The molecule has 19 heavy (non-hydrogen) atoms. The SMILES string of the molecule is CC1CSCCN1S(=O)(=O)c1c(N)cc(Cl)cc1Cl. The van der Waals surface area contributed by atoms with Crippen molar-refractivity contribution in [3.8, 4) is 0 Å². The monoisotopic (exact) mass is 340 g/mol. The Hall–Kier alpha value is -0.140. The van der Waals surface area contributed by atoms with Gasteiger partial charge in [-0.1, -0.05) is 23.2 Å². The van der Waals surface area contributed by atoms with Crippen LogP contribution in [0.5, 0.6) is 0 Å². The van der Waals surface area contributed by atoms with Gasteiger partial charge in [0.1, 0.15) is 4.90 Å². The maximum Gasteiger partial charge on any atom is 0.246 e. The molecule has 0 aliphatic carbocycles. The van der Waals surface area contributed by atoms with Gasteiger partial charge in [0.15, 0.2) is 0 Å². The average molecular weight is 341 g/mol. The molecular weight excluding hydrogens is 327 g/mol. The molecule has 106 valence electrons. The van der Waals surface area contributed by atoms with Gasteiger partial charge in [-0.25, -0.2) is 8.42 Å². The van der Waals surface area contributed by atoms with Crippen LogP contribution in [0.15, 0.2) is 17.0 Å². The minimum atomic E-state index is -3.68. The van der Waals surface area contributed by atoms with Crippen LogP contribution in [0.3, 0.4) is 0 Å². The van der Waals surface area contributed by atoms with Gasteiger partial charge in [-0.2, -0.15) is 16.1 Å². The average Bonchev–Trinajstić information content (AvgIpc) is 2.27. The van der Waals surface area contributed by atoms with Crippen molar-refractivity contribution in [2.24, 2.45) is 0 Å². The molecule has 1 atom stereocenters. The largest absolute Gasteiger partial charge is 0.398 e. The fraction of sp³-hybridized carbons (Fsp3) is 0.455. The predicted octanol–water partition coefficient (Wildman–Crippen LogP) is 2.70. The highest BCUT2D eigenvalue weighted by Crippen LogP contribution is 2.35. The van der Waals surface area contributed by atoms with Crippen molar-refractivity contribution in [2.75, 3.05) is 23.8 Å². The number of halogens is 2. The fourth-order valence-corrected chi connectivity index (χ4v) is 5.84. The molecule has 1 aliphatic heterocycles. The number of nitrogen functional groups attached to an aromatic ring is 1. The summed E-state index contributed by atoms with van der Waals surface area (Å²) in [5, 5.41) is 0.388. The van der Waals surface area contributed by atoms with Gasteiger partial charge in [0.2, 0.25) is 10.0 Å². The van der Waals surface area contributed by atoms with Gasteiger partial charge < -0.3 is 5.73 Å². The molecule has 0 radical (unpaired) electrons. The molecule has 1 aromatic rings. The summed E-state index contributed by atoms with van der Waals surface area (Å²) in [4.78, 5) is -0.0442. The molecule has 0 amide bonds. The van der Waals surface area contributed by atoms with Gasteiger partial charge in [-0.15, -0.1) is 0 Å². The van der Waals surface area contributed by atoms with Crippen molar-refractivity contribution in [1.82, 2.24) is 4.31 Å². The van der Waals surface area contributed by atoms with Crippen LogP contribution >= 0.6 is 35.0 Å². The zero-order valence-corrected chi connectivity index (χ0v) is 13.4. The Morgan fingerprint density at radius 1 is 1.42 bits per heavy atom. The van der Waals surface area contributed by atoms with Gasteiger partial charge in [-0.3, -0.25) is 0 Å². The molecule has 2 rings (SSSR count). The smallest absolute Gasteiger partial charge is 0.246 e. The third-order valence-corrected chi connectivity index (χ3v) is 6.86. The zero-order valence-electron chi connectivity index (χ0n) is 10.3. The number of nitrogens with zero attached hydrogens (tertiary/aromatic N) is 1. The van der Waals surface area contributed by atoms with Crippen molar-refractivity contribution >= 4 is 50.7 Å². The summed E-state index contributed by atoms with van der Waals surface area (Å²) in [6.45, 7) is 2.34. The summed E-state index contributed by atoms with van der Waals surface area (Å²) in [7, 11) is -3.68. The number of hydrogen-bond donors (Lipinski definition) is 1. The quantitative estimate of drug-likeness (QED) is 0.840. The highest BCUT2D eigenvalue weighted by atomic mass is 35.5. The molecule has 1 aromatic carbocycles. The molecule has 0 aromatic heterocycles. The fourth-order valence-electron chi connectivity index (χ4n) is 2.04. The van der Waals surface area contributed by atoms with Gasteiger partial charge in [-0.05, 0) is 19.1 Å². The van der Waals surface area contributed by atoms with Crippen LogP contribution in [-0.4, -0.2) is 36.8 Å². The van der Waals surface area contributed by atoms with Crippen molar-refractivity contribution < 1.29 is 8.42 Å². The Balaban J connectivity index is 2.50. The lowest BCUT2D eigenvalue weighted by molar-refractivity contribution is 0.368. The molecule has 0 spiro atoms. The van der Waals surface area contributed by atoms with Crippen LogP contribution in [0.1, 0.15) is 6.92 Å². The Kier molecular flexibility index (Phi) is 4.57. The Bertz CT molecular complexity index is 569. The summed E-state index contributed by atoms with van der Waals surface area (Å²) in [6, 6.07) is 2.73. The van der Waals surface area contributed by atoms with Crippen LogP contribution < -0.4 is 5.73 Å². The molecule has 1 saturated heterocycles. The van der Waals surface area contributed by atoms with Gasteiger partial charge in [0, 0.05) is 29.1 Å². The van der Waals surface area contributed by atoms with Crippen LogP contribution in [0.25, 0.3) is 0 Å². The highest BCUT2D eigenvalue weighted by Gasteiger charge is 2.34. The molecule has 4 nitrogen and oxygen atoms in total. The first-order chi connectivity index (χ1) is 8.84. The van der Waals surface area contributed by atoms with E-state index in [2.05, 4.69) is 0 Å². The molecule has 1 aliphatic rings. The van der Waals surface area contributed by atoms with Gasteiger partial charge in [0.25, 0.3) is 0 Å². The minimum Gasteiger partial charge on any atom is -0.398 e. The minimum absolute atomic E-state index is 0.0442. The maximum atomic E-state index is 12.7. The van der Waals surface area contributed by atoms with E-state index in [1.54, 1.807) is 11.8 Å². The number of nitrogens with two attached hydrogens (primary N) is 1. The molecule has 1 fully saturated rings. The normalized spacial score (nSPS) is 21.5. The topological polar surface area (TPSA) is 63.4 Å². The summed E-state index contributed by atoms with van der Waals surface area (Å²) >= 11 is 13.6. The predicted molar refractivity (Wildman–Crippen MR) is 81.6 cm³/mol. The van der Waals surface area contributed by atoms with E-state index in [0.717, 1.165) is 11.5 Å². The van der Waals surface area contributed by atoms with E-state index in [4.69, 9.17) is 28.9 Å². The first kappa shape index (κ1) is 15.3. The Morgan fingerprint density at radius 3 is 2.68 bits per heavy atom. The first-order valence-corrected chi connectivity index (χ1v) is 9.03. The molecule has 8 heteroatoms. The third kappa shape index (κ3) is 2.97. The number of hydrogen-bond acceptors (Lipinski definition) is 4. The van der Waals surface area contributed by atoms with Crippen molar-refractivity contribution in [3.63, 3.8) is 0 Å². The van der Waals surface area contributed by atoms with E-state index in [0.29, 0.717) is 11.6 Å². The van der Waals surface area contributed by atoms with Crippen LogP contribution in [0.2, 0.25) is 10.0 Å². The highest BCUT2D eigenvalue weighted by molar-refractivity contribution is 7.99. The van der Waals surface area contributed by atoms with E-state index < -0.39 is 10.0 Å². The summed E-state index contributed by atoms with van der Waals surface area (Å²) < 4.78 is 26.8. The Morgan fingerprint density at radius 2 is 2.11 bits per heavy atom. The van der Waals surface area contributed by atoms with Crippen molar-refractivity contribution in [1.29, 1.82) is 0 Å². The van der Waals surface area contributed by atoms with E-state index in [9.17, 15) is 8.42 Å². The van der Waals surface area contributed by atoms with E-state index in [-0.39, 0.29) is 21.6 Å². The van der Waals surface area contributed by atoms with Crippen LogP contribution in [0, 0.1) is 0 Å². The lowest BCUT2D eigenvalue weighted by atomic mass is 10.3. The van der Waals surface area contributed by atoms with E-state index >= 15 is 0 Å². The second-order valence-electron chi connectivity index (χ2n) is 4.35. The number of rotatable bonds is 2. The maximum absolute atomic E-state index is 12.7. The number of benzene rings is 1. The second-order valence-corrected chi connectivity index (χ2v) is 8.17. The lowest BCUT2D eigenvalue weighted by Crippen LogP contribution is -2.44. The Labute approximate surface area is 127 Å². The van der Waals surface area contributed by atoms with Gasteiger partial charge in [0.05, 0.1) is 10.7 Å². The lowest BCUT2D eigenvalue weighted by Gasteiger charge is -2.32. The molecule has 0 saturated carbocycles. The van der Waals surface area contributed by atoms with Crippen LogP contribution in [0.4, 0.5) is 5.69 Å². The standard InChI is InChI=1S/C11H14Cl2N2O2S2/c1-7-6-18-3-2-15(7)19(16,17)11-9(13)4-8(12)5-10(11)14/h4-5,7H,2-3,6,14H2,1H3. The van der Waals surface area contributed by atoms with E-state index in [1.165, 1.54) is 16.4 Å². The third-order valence-electron chi connectivity index (χ3n) is 2.91. The van der Waals surface area contributed by atoms with E-state index in [1.807, 2.05) is 6.92 Å². The number of sulfonamides is 1. The zero-order chi connectivity index (χ0) is 14.2. The summed E-state index contributed by atoms with van der Waals surface area (Å²) in [6.07, 6.45) is 0. The molecule has 1 heterocycles.